The molecule has 0 unspecified atom stereocenters. The molecule has 19 heteroatoms. The molecule has 0 radical (unpaired) electrons. The highest BCUT2D eigenvalue weighted by atomic mass is 32.2. The maximum absolute atomic E-state index is 14.8. The van der Waals surface area contributed by atoms with E-state index in [-0.39, 0.29) is 0 Å². The second-order valence-corrected chi connectivity index (χ2v) is 29.3. The minimum Gasteiger partial charge on any atom is -0.378 e. The molecule has 468 valence electrons. The first-order valence-corrected chi connectivity index (χ1v) is 34.0. The van der Waals surface area contributed by atoms with E-state index in [1.807, 2.05) is 72.8 Å². The summed E-state index contributed by atoms with van der Waals surface area (Å²) in [6, 6.07) is 92.1. The number of hydrogen-bond donors (Lipinski definition) is 0. The smallest absolute Gasteiger partial charge is 0.378 e. The van der Waals surface area contributed by atoms with Crippen molar-refractivity contribution >= 4 is 105 Å². The number of fused-ring (bicyclic) bond motifs is 10. The number of alkyl halides is 9. The predicted octanol–water partition coefficient (Wildman–Crippen LogP) is 18.0. The van der Waals surface area contributed by atoms with Crippen molar-refractivity contribution in [3.05, 3.63) is 297 Å². The van der Waals surface area contributed by atoms with Crippen LogP contribution in [0, 0.1) is 0 Å². The number of para-hydroxylation sites is 2. The van der Waals surface area contributed by atoms with Crippen molar-refractivity contribution in [2.24, 2.45) is 0 Å². The van der Waals surface area contributed by atoms with Gasteiger partial charge >= 0.3 is 33.4 Å². The molecule has 0 saturated heterocycles. The fourth-order valence-electron chi connectivity index (χ4n) is 11.7. The van der Waals surface area contributed by atoms with Crippen LogP contribution >= 0.6 is 14.3 Å². The van der Waals surface area contributed by atoms with E-state index >= 15 is 0 Å². The second kappa shape index (κ2) is 24.1. The Hall–Kier alpha value is -10.1. The molecular formula is C75H49F9N2O5P2S. The normalized spacial score (nSPS) is 12.7. The summed E-state index contributed by atoms with van der Waals surface area (Å²) in [6.07, 6.45) is -7.19. The standard InChI is InChI=1S/C47H31N2OP.C28H18F9O4PS/c50-51(37-12-3-1-4-13-37,38-14-5-2-6-15-38)39-27-23-33(24-28-39)32-19-21-34(22-20-32)36-26-30-44-42(31-36)41-29-25-35-11-7-8-16-40(35)46(41)47-48-43-17-9-10-18-45(43)49(44)47;29-25(30,27(33,34)35)26(31,32)28(36,37)43(39,40)41-21-15-11-19(12-16-21)20-13-17-24(18-14-20)42(38,22-7-3-1-4-8-22)23-9-5-2-6-10-23/h1-31H;1-18H. The van der Waals surface area contributed by atoms with Gasteiger partial charge in [0.05, 0.1) is 16.6 Å². The van der Waals surface area contributed by atoms with Gasteiger partial charge in [0, 0.05) is 42.6 Å². The van der Waals surface area contributed by atoms with Crippen LogP contribution in [0.25, 0.3) is 82.5 Å². The van der Waals surface area contributed by atoms with Gasteiger partial charge in [0.1, 0.15) is 11.4 Å². The molecule has 0 fully saturated rings. The van der Waals surface area contributed by atoms with Crippen LogP contribution < -0.4 is 36.0 Å². The van der Waals surface area contributed by atoms with E-state index in [0.29, 0.717) is 39.2 Å². The predicted molar refractivity (Wildman–Crippen MR) is 357 cm³/mol. The fourth-order valence-corrected chi connectivity index (χ4v) is 17.9. The molecule has 0 spiro atoms. The van der Waals surface area contributed by atoms with Crippen LogP contribution in [0.2, 0.25) is 0 Å². The molecule has 14 rings (SSSR count). The van der Waals surface area contributed by atoms with Crippen LogP contribution in [-0.4, -0.2) is 41.1 Å². The minimum absolute atomic E-state index is 0.297. The van der Waals surface area contributed by atoms with Gasteiger partial charge in [0.25, 0.3) is 0 Å². The van der Waals surface area contributed by atoms with E-state index in [1.165, 1.54) is 26.9 Å². The third-order valence-electron chi connectivity index (χ3n) is 16.6. The molecule has 0 amide bonds. The summed E-state index contributed by atoms with van der Waals surface area (Å²) in [5, 5.41) is 3.11. The van der Waals surface area contributed by atoms with Crippen LogP contribution in [0.5, 0.6) is 5.75 Å². The van der Waals surface area contributed by atoms with E-state index in [9.17, 15) is 57.1 Å². The summed E-state index contributed by atoms with van der Waals surface area (Å²) in [5.41, 5.74) is 9.49. The van der Waals surface area contributed by atoms with E-state index in [4.69, 9.17) is 4.98 Å². The summed E-state index contributed by atoms with van der Waals surface area (Å²) < 4.78 is 177. The lowest BCUT2D eigenvalue weighted by Gasteiger charge is -2.32. The molecular weight excluding hydrogens is 1270 g/mol. The zero-order valence-electron chi connectivity index (χ0n) is 48.9. The summed E-state index contributed by atoms with van der Waals surface area (Å²) in [4.78, 5) is 5.16. The molecule has 2 aromatic heterocycles. The Bertz CT molecular complexity index is 5280. The molecule has 94 heavy (non-hydrogen) atoms. The van der Waals surface area contributed by atoms with Crippen LogP contribution in [0.3, 0.4) is 0 Å². The molecule has 0 bridgehead atoms. The van der Waals surface area contributed by atoms with Gasteiger partial charge in [0.15, 0.2) is 14.3 Å². The minimum atomic E-state index is -7.41. The first kappa shape index (κ1) is 62.7. The van der Waals surface area contributed by atoms with E-state index < -0.39 is 53.4 Å². The van der Waals surface area contributed by atoms with Crippen LogP contribution in [0.15, 0.2) is 297 Å². The van der Waals surface area contributed by atoms with Crippen molar-refractivity contribution in [2.75, 3.05) is 0 Å². The van der Waals surface area contributed by atoms with Crippen molar-refractivity contribution in [2.45, 2.75) is 23.3 Å². The van der Waals surface area contributed by atoms with Gasteiger partial charge in [-0.2, -0.15) is 47.9 Å². The van der Waals surface area contributed by atoms with Crippen molar-refractivity contribution in [1.29, 1.82) is 0 Å². The van der Waals surface area contributed by atoms with E-state index in [2.05, 4.69) is 124 Å². The van der Waals surface area contributed by atoms with Crippen LogP contribution in [0.1, 0.15) is 0 Å². The topological polar surface area (TPSA) is 94.8 Å². The van der Waals surface area contributed by atoms with Crippen LogP contribution in [0.4, 0.5) is 39.5 Å². The van der Waals surface area contributed by atoms with Crippen molar-refractivity contribution < 1.29 is 61.2 Å². The second-order valence-electron chi connectivity index (χ2n) is 22.2. The van der Waals surface area contributed by atoms with Gasteiger partial charge in [-0.05, 0) is 85.9 Å². The summed E-state index contributed by atoms with van der Waals surface area (Å²) in [5.74, 6) is -15.9. The zero-order valence-corrected chi connectivity index (χ0v) is 51.5. The van der Waals surface area contributed by atoms with Crippen LogP contribution in [-0.2, 0) is 19.2 Å². The number of pyridine rings is 1. The fraction of sp³-hybridized carbons (Fsp3) is 0.0533. The summed E-state index contributed by atoms with van der Waals surface area (Å²) in [7, 11) is -13.4. The molecule has 0 aliphatic heterocycles. The SMILES string of the molecule is O=P(c1ccccc1)(c1ccccc1)c1ccc(-c2ccc(-c3ccc4c(c3)c3ccc5ccccc5c3c3nc5ccccc5n43)cc2)cc1.O=P(c1ccccc1)(c1ccccc1)c1ccc(-c2ccc(OS(=O)(=O)C(F)(F)C(F)(F)C(F)(F)C(F)(F)F)cc2)cc1. The average Bonchev–Trinajstić information content (AvgIpc) is 1.30. The van der Waals surface area contributed by atoms with Gasteiger partial charge in [-0.1, -0.05) is 261 Å². The monoisotopic (exact) mass is 1320 g/mol. The Balaban J connectivity index is 0.000000174. The average molecular weight is 1320 g/mol. The van der Waals surface area contributed by atoms with Gasteiger partial charge in [-0.15, -0.1) is 0 Å². The lowest BCUT2D eigenvalue weighted by molar-refractivity contribution is -0.382. The number of hydrogen-bond acceptors (Lipinski definition) is 6. The maximum atomic E-state index is 14.8. The maximum Gasteiger partial charge on any atom is 0.460 e. The largest absolute Gasteiger partial charge is 0.460 e. The van der Waals surface area contributed by atoms with Crippen molar-refractivity contribution in [1.82, 2.24) is 9.38 Å². The lowest BCUT2D eigenvalue weighted by Crippen LogP contribution is -2.63. The highest BCUT2D eigenvalue weighted by Gasteiger charge is 2.86. The number of imidazole rings is 1. The molecule has 0 aliphatic rings. The number of benzene rings is 12. The third kappa shape index (κ3) is 10.8. The number of aromatic nitrogens is 2. The van der Waals surface area contributed by atoms with E-state index in [0.717, 1.165) is 72.5 Å². The molecule has 0 saturated carbocycles. The molecule has 2 heterocycles. The molecule has 0 aliphatic carbocycles. The Morgan fingerprint density at radius 2 is 0.734 bits per heavy atom. The molecule has 12 aromatic carbocycles. The molecule has 0 atom stereocenters. The third-order valence-corrected chi connectivity index (χ3v) is 24.0. The molecule has 14 aromatic rings. The Morgan fingerprint density at radius 1 is 0.351 bits per heavy atom. The van der Waals surface area contributed by atoms with E-state index in [1.54, 1.807) is 84.9 Å². The van der Waals surface area contributed by atoms with Crippen molar-refractivity contribution in [3.8, 4) is 39.1 Å². The first-order valence-electron chi connectivity index (χ1n) is 29.2. The first-order chi connectivity index (χ1) is 45.0. The quantitative estimate of drug-likeness (QED) is 0.0466. The van der Waals surface area contributed by atoms with Crippen molar-refractivity contribution in [3.63, 3.8) is 0 Å². The Morgan fingerprint density at radius 3 is 1.20 bits per heavy atom. The summed E-state index contributed by atoms with van der Waals surface area (Å²) >= 11 is 0. The highest BCUT2D eigenvalue weighted by Crippen LogP contribution is 2.55. The Labute approximate surface area is 532 Å². The number of halogens is 9. The highest BCUT2D eigenvalue weighted by molar-refractivity contribution is 7.88. The molecule has 0 N–H and O–H groups in total. The Kier molecular flexibility index (Phi) is 16.1. The lowest BCUT2D eigenvalue weighted by atomic mass is 9.96. The summed E-state index contributed by atoms with van der Waals surface area (Å²) in [6.45, 7) is 0. The van der Waals surface area contributed by atoms with Gasteiger partial charge in [-0.25, -0.2) is 4.98 Å². The molecule has 7 nitrogen and oxygen atoms in total. The van der Waals surface area contributed by atoms with Gasteiger partial charge in [0.2, 0.25) is 0 Å². The van der Waals surface area contributed by atoms with Gasteiger partial charge < -0.3 is 13.3 Å². The number of rotatable bonds is 14. The van der Waals surface area contributed by atoms with Gasteiger partial charge in [-0.3, -0.25) is 4.40 Å². The zero-order chi connectivity index (χ0) is 65.8. The number of nitrogens with zero attached hydrogens (tertiary/aromatic N) is 2.